The molecule has 0 radical (unpaired) electrons. The number of benzene rings is 2. The molecule has 0 atom stereocenters. The van der Waals surface area contributed by atoms with Crippen molar-refractivity contribution in [2.45, 2.75) is 12.7 Å². The molecular formula is C19H17BrClN3O3S. The van der Waals surface area contributed by atoms with Crippen molar-refractivity contribution in [3.05, 3.63) is 75.4 Å². The third-order valence-corrected chi connectivity index (χ3v) is 5.98. The van der Waals surface area contributed by atoms with Crippen molar-refractivity contribution < 1.29 is 13.2 Å². The molecule has 1 N–H and O–H groups in total. The van der Waals surface area contributed by atoms with Crippen LogP contribution in [0, 0.1) is 6.92 Å². The minimum atomic E-state index is -3.63. The second-order valence-corrected chi connectivity index (χ2v) is 9.69. The van der Waals surface area contributed by atoms with Gasteiger partial charge in [-0.3, -0.25) is 4.79 Å². The molecule has 0 bridgehead atoms. The van der Waals surface area contributed by atoms with Gasteiger partial charge in [-0.05, 0) is 42.8 Å². The summed E-state index contributed by atoms with van der Waals surface area (Å²) in [6, 6.07) is 15.6. The van der Waals surface area contributed by atoms with Crippen molar-refractivity contribution in [2.24, 2.45) is 0 Å². The molecule has 0 aliphatic heterocycles. The Hall–Kier alpha value is -2.16. The van der Waals surface area contributed by atoms with Gasteiger partial charge in [-0.2, -0.15) is 5.10 Å². The molecule has 0 spiro atoms. The summed E-state index contributed by atoms with van der Waals surface area (Å²) >= 11 is 9.33. The average molecular weight is 483 g/mol. The van der Waals surface area contributed by atoms with E-state index in [0.29, 0.717) is 27.8 Å². The zero-order valence-electron chi connectivity index (χ0n) is 14.9. The fourth-order valence-corrected chi connectivity index (χ4v) is 4.60. The largest absolute Gasteiger partial charge is 0.310 e. The standard InChI is InChI=1S/C19H17BrClN3O3S/c1-13-8-18(24(23-13)17-7-3-6-16(21)10-17)22-19(25)12-28(26,27)11-14-4-2-5-15(20)9-14/h2-10H,11-12H2,1H3,(H,22,25). The van der Waals surface area contributed by atoms with Crippen molar-refractivity contribution in [3.8, 4) is 5.69 Å². The summed E-state index contributed by atoms with van der Waals surface area (Å²) in [5.74, 6) is -1.09. The number of hydrogen-bond acceptors (Lipinski definition) is 4. The van der Waals surface area contributed by atoms with Crippen LogP contribution in [0.2, 0.25) is 5.02 Å². The van der Waals surface area contributed by atoms with Crippen LogP contribution in [0.5, 0.6) is 0 Å². The molecule has 6 nitrogen and oxygen atoms in total. The Morgan fingerprint density at radius 3 is 2.64 bits per heavy atom. The van der Waals surface area contributed by atoms with E-state index < -0.39 is 21.5 Å². The van der Waals surface area contributed by atoms with E-state index in [9.17, 15) is 13.2 Å². The first-order valence-corrected chi connectivity index (χ1v) is 11.3. The highest BCUT2D eigenvalue weighted by molar-refractivity contribution is 9.10. The molecular weight excluding hydrogens is 466 g/mol. The minimum absolute atomic E-state index is 0.216. The van der Waals surface area contributed by atoms with Crippen molar-refractivity contribution >= 4 is 49.1 Å². The van der Waals surface area contributed by atoms with E-state index in [2.05, 4.69) is 26.3 Å². The zero-order valence-corrected chi connectivity index (χ0v) is 18.1. The summed E-state index contributed by atoms with van der Waals surface area (Å²) in [6.45, 7) is 1.78. The van der Waals surface area contributed by atoms with Crippen LogP contribution in [0.4, 0.5) is 5.82 Å². The second kappa shape index (κ2) is 8.46. The molecule has 0 aliphatic carbocycles. The first-order valence-electron chi connectivity index (χ1n) is 8.29. The van der Waals surface area contributed by atoms with E-state index in [-0.39, 0.29) is 5.75 Å². The van der Waals surface area contributed by atoms with Crippen molar-refractivity contribution in [2.75, 3.05) is 11.1 Å². The van der Waals surface area contributed by atoms with Gasteiger partial charge in [0.05, 0.1) is 17.1 Å². The lowest BCUT2D eigenvalue weighted by molar-refractivity contribution is -0.113. The molecule has 0 saturated heterocycles. The van der Waals surface area contributed by atoms with Crippen molar-refractivity contribution in [1.82, 2.24) is 9.78 Å². The normalized spacial score (nSPS) is 11.4. The van der Waals surface area contributed by atoms with Crippen LogP contribution in [0.3, 0.4) is 0 Å². The Morgan fingerprint density at radius 2 is 1.93 bits per heavy atom. The average Bonchev–Trinajstić information content (AvgIpc) is 2.94. The SMILES string of the molecule is Cc1cc(NC(=O)CS(=O)(=O)Cc2cccc(Br)c2)n(-c2cccc(Cl)c2)n1. The topological polar surface area (TPSA) is 81.1 Å². The molecule has 0 fully saturated rings. The molecule has 2 aromatic carbocycles. The Labute approximate surface area is 176 Å². The maximum atomic E-state index is 12.4. The number of sulfone groups is 1. The monoisotopic (exact) mass is 481 g/mol. The second-order valence-electron chi connectivity index (χ2n) is 6.27. The van der Waals surface area contributed by atoms with E-state index in [1.54, 1.807) is 55.5 Å². The zero-order chi connectivity index (χ0) is 20.3. The first-order chi connectivity index (χ1) is 13.2. The molecule has 3 rings (SSSR count). The third kappa shape index (κ3) is 5.43. The van der Waals surface area contributed by atoms with E-state index in [0.717, 1.165) is 4.47 Å². The Balaban J connectivity index is 1.75. The molecule has 1 heterocycles. The molecule has 0 unspecified atom stereocenters. The summed E-state index contributed by atoms with van der Waals surface area (Å²) in [5, 5.41) is 7.50. The summed E-state index contributed by atoms with van der Waals surface area (Å²) in [5.41, 5.74) is 1.95. The number of halogens is 2. The lowest BCUT2D eigenvalue weighted by Gasteiger charge is -2.10. The molecule has 146 valence electrons. The summed E-state index contributed by atoms with van der Waals surface area (Å²) in [7, 11) is -3.63. The van der Waals surface area contributed by atoms with Gasteiger partial charge in [-0.25, -0.2) is 13.1 Å². The highest BCUT2D eigenvalue weighted by atomic mass is 79.9. The molecule has 1 amide bonds. The maximum Gasteiger partial charge on any atom is 0.240 e. The van der Waals surface area contributed by atoms with Gasteiger partial charge in [0.1, 0.15) is 11.6 Å². The number of aromatic nitrogens is 2. The number of anilines is 1. The van der Waals surface area contributed by atoms with Gasteiger partial charge < -0.3 is 5.32 Å². The van der Waals surface area contributed by atoms with Gasteiger partial charge in [0.15, 0.2) is 9.84 Å². The maximum absolute atomic E-state index is 12.4. The van der Waals surface area contributed by atoms with E-state index in [4.69, 9.17) is 11.6 Å². The number of nitrogens with one attached hydrogen (secondary N) is 1. The Kier molecular flexibility index (Phi) is 6.22. The smallest absolute Gasteiger partial charge is 0.240 e. The molecule has 3 aromatic rings. The predicted molar refractivity (Wildman–Crippen MR) is 114 cm³/mol. The number of hydrogen-bond donors (Lipinski definition) is 1. The molecule has 0 saturated carbocycles. The number of aryl methyl sites for hydroxylation is 1. The lowest BCUT2D eigenvalue weighted by Crippen LogP contribution is -2.25. The van der Waals surface area contributed by atoms with E-state index >= 15 is 0 Å². The molecule has 1 aromatic heterocycles. The Morgan fingerprint density at radius 1 is 1.18 bits per heavy atom. The van der Waals surface area contributed by atoms with Gasteiger partial charge in [0.25, 0.3) is 0 Å². The third-order valence-electron chi connectivity index (χ3n) is 3.78. The number of carbonyl (C=O) groups excluding carboxylic acids is 1. The van der Waals surface area contributed by atoms with Gasteiger partial charge in [-0.15, -0.1) is 0 Å². The van der Waals surface area contributed by atoms with Crippen LogP contribution in [-0.2, 0) is 20.4 Å². The summed E-state index contributed by atoms with van der Waals surface area (Å²) in [4.78, 5) is 12.4. The van der Waals surface area contributed by atoms with E-state index in [1.165, 1.54) is 4.68 Å². The van der Waals surface area contributed by atoms with Gasteiger partial charge in [0, 0.05) is 15.6 Å². The van der Waals surface area contributed by atoms with Crippen LogP contribution < -0.4 is 5.32 Å². The fourth-order valence-electron chi connectivity index (χ4n) is 2.70. The van der Waals surface area contributed by atoms with Gasteiger partial charge >= 0.3 is 0 Å². The number of rotatable bonds is 6. The van der Waals surface area contributed by atoms with Crippen LogP contribution >= 0.6 is 27.5 Å². The van der Waals surface area contributed by atoms with Crippen LogP contribution in [0.15, 0.2) is 59.1 Å². The first kappa shape index (κ1) is 20.6. The van der Waals surface area contributed by atoms with Crippen molar-refractivity contribution in [1.29, 1.82) is 0 Å². The molecule has 0 aliphatic rings. The van der Waals surface area contributed by atoms with E-state index in [1.807, 2.05) is 6.07 Å². The molecule has 28 heavy (non-hydrogen) atoms. The molecule has 9 heteroatoms. The number of nitrogens with zero attached hydrogens (tertiary/aromatic N) is 2. The van der Waals surface area contributed by atoms with Crippen molar-refractivity contribution in [3.63, 3.8) is 0 Å². The quantitative estimate of drug-likeness (QED) is 0.572. The highest BCUT2D eigenvalue weighted by Gasteiger charge is 2.19. The number of amides is 1. The van der Waals surface area contributed by atoms with Gasteiger partial charge in [-0.1, -0.05) is 45.7 Å². The lowest BCUT2D eigenvalue weighted by atomic mass is 10.2. The van der Waals surface area contributed by atoms with Crippen LogP contribution in [0.25, 0.3) is 5.69 Å². The minimum Gasteiger partial charge on any atom is -0.310 e. The predicted octanol–water partition coefficient (Wildman–Crippen LogP) is 4.15. The summed E-state index contributed by atoms with van der Waals surface area (Å²) < 4.78 is 27.1. The Bertz CT molecular complexity index is 1130. The van der Waals surface area contributed by atoms with Crippen LogP contribution in [-0.4, -0.2) is 29.9 Å². The highest BCUT2D eigenvalue weighted by Crippen LogP contribution is 2.20. The fraction of sp³-hybridized carbons (Fsp3) is 0.158. The van der Waals surface area contributed by atoms with Crippen LogP contribution in [0.1, 0.15) is 11.3 Å². The van der Waals surface area contributed by atoms with Gasteiger partial charge in [0.2, 0.25) is 5.91 Å². The summed E-state index contributed by atoms with van der Waals surface area (Å²) in [6.07, 6.45) is 0. The number of carbonyl (C=O) groups is 1.